The molecular weight excluding hydrogens is 242 g/mol. The second kappa shape index (κ2) is 6.02. The summed E-state index contributed by atoms with van der Waals surface area (Å²) < 4.78 is 0. The molecule has 104 valence electrons. The molecule has 0 aliphatic carbocycles. The maximum Gasteiger partial charge on any atom is 0.272 e. The van der Waals surface area contributed by atoms with Crippen molar-refractivity contribution in [1.82, 2.24) is 5.32 Å². The number of hydrogen-bond acceptors (Lipinski definition) is 4. The van der Waals surface area contributed by atoms with Gasteiger partial charge >= 0.3 is 0 Å². The number of rotatable bonds is 5. The fraction of sp³-hybridized carbons (Fsp3) is 0.571. The highest BCUT2D eigenvalue weighted by molar-refractivity contribution is 5.53. The van der Waals surface area contributed by atoms with Crippen molar-refractivity contribution in [2.24, 2.45) is 0 Å². The van der Waals surface area contributed by atoms with Crippen LogP contribution in [0, 0.1) is 17.0 Å². The van der Waals surface area contributed by atoms with Crippen molar-refractivity contribution in [2.75, 3.05) is 11.9 Å². The third-order valence-corrected chi connectivity index (χ3v) is 3.61. The van der Waals surface area contributed by atoms with E-state index in [1.807, 2.05) is 6.07 Å². The highest BCUT2D eigenvalue weighted by Crippen LogP contribution is 2.23. The number of nitrogens with one attached hydrogen (secondary N) is 2. The third kappa shape index (κ3) is 3.67. The van der Waals surface area contributed by atoms with Crippen molar-refractivity contribution in [1.29, 1.82) is 0 Å². The summed E-state index contributed by atoms with van der Waals surface area (Å²) in [5.41, 5.74) is 1.82. The number of hydrogen-bond donors (Lipinski definition) is 2. The van der Waals surface area contributed by atoms with Gasteiger partial charge in [0.15, 0.2) is 0 Å². The molecule has 0 aromatic heterocycles. The molecule has 1 fully saturated rings. The van der Waals surface area contributed by atoms with Crippen molar-refractivity contribution < 1.29 is 4.92 Å². The third-order valence-electron chi connectivity index (χ3n) is 3.61. The minimum absolute atomic E-state index is 0.177. The van der Waals surface area contributed by atoms with Crippen LogP contribution in [0.1, 0.15) is 31.7 Å². The Hall–Kier alpha value is -1.62. The number of nitrogens with zero attached hydrogens (tertiary/aromatic N) is 1. The lowest BCUT2D eigenvalue weighted by Gasteiger charge is -2.19. The zero-order chi connectivity index (χ0) is 13.8. The molecule has 2 unspecified atom stereocenters. The van der Waals surface area contributed by atoms with Gasteiger partial charge in [0.2, 0.25) is 0 Å². The van der Waals surface area contributed by atoms with E-state index in [-0.39, 0.29) is 10.6 Å². The summed E-state index contributed by atoms with van der Waals surface area (Å²) in [7, 11) is 0. The van der Waals surface area contributed by atoms with Gasteiger partial charge in [-0.05, 0) is 51.8 Å². The summed E-state index contributed by atoms with van der Waals surface area (Å²) in [5.74, 6) is 0. The van der Waals surface area contributed by atoms with Crippen LogP contribution in [0.25, 0.3) is 0 Å². The molecule has 1 aliphatic rings. The Labute approximate surface area is 113 Å². The molecular formula is C14H21N3O2. The van der Waals surface area contributed by atoms with Crippen molar-refractivity contribution in [3.8, 4) is 0 Å². The molecule has 1 aromatic carbocycles. The van der Waals surface area contributed by atoms with Crippen LogP contribution in [0.4, 0.5) is 11.4 Å². The van der Waals surface area contributed by atoms with E-state index < -0.39 is 0 Å². The number of anilines is 1. The van der Waals surface area contributed by atoms with Gasteiger partial charge in [-0.25, -0.2) is 0 Å². The second-order valence-electron chi connectivity index (χ2n) is 5.33. The predicted octanol–water partition coefficient (Wildman–Crippen LogP) is 2.85. The molecule has 0 amide bonds. The molecule has 2 N–H and O–H groups in total. The summed E-state index contributed by atoms with van der Waals surface area (Å²) in [4.78, 5) is 10.4. The number of nitro groups is 1. The molecule has 5 heteroatoms. The highest BCUT2D eigenvalue weighted by atomic mass is 16.6. The maximum absolute atomic E-state index is 10.8. The number of benzene rings is 1. The Kier molecular flexibility index (Phi) is 4.37. The smallest absolute Gasteiger partial charge is 0.272 e. The normalized spacial score (nSPS) is 20.2. The van der Waals surface area contributed by atoms with E-state index in [1.165, 1.54) is 12.8 Å². The van der Waals surface area contributed by atoms with E-state index in [1.54, 1.807) is 19.1 Å². The number of nitro benzene ring substituents is 1. The quantitative estimate of drug-likeness (QED) is 0.633. The Morgan fingerprint density at radius 2 is 2.37 bits per heavy atom. The van der Waals surface area contributed by atoms with Crippen LogP contribution in [-0.2, 0) is 0 Å². The molecule has 1 heterocycles. The average molecular weight is 263 g/mol. The van der Waals surface area contributed by atoms with E-state index >= 15 is 0 Å². The standard InChI is InChI=1S/C14H21N3O2/c1-10-8-13(5-6-14(10)17(18)19)16-11(2)9-12-4-3-7-15-12/h5-6,8,11-12,15-16H,3-4,7,9H2,1-2H3. The molecule has 0 bridgehead atoms. The molecule has 1 aromatic rings. The Morgan fingerprint density at radius 1 is 1.58 bits per heavy atom. The lowest BCUT2D eigenvalue weighted by molar-refractivity contribution is -0.385. The van der Waals surface area contributed by atoms with E-state index in [0.717, 1.165) is 18.7 Å². The largest absolute Gasteiger partial charge is 0.383 e. The predicted molar refractivity (Wildman–Crippen MR) is 76.6 cm³/mol. The molecule has 0 spiro atoms. The van der Waals surface area contributed by atoms with E-state index in [9.17, 15) is 10.1 Å². The van der Waals surface area contributed by atoms with Crippen LogP contribution in [0.2, 0.25) is 0 Å². The number of aryl methyl sites for hydroxylation is 1. The zero-order valence-electron chi connectivity index (χ0n) is 11.5. The second-order valence-corrected chi connectivity index (χ2v) is 5.33. The maximum atomic E-state index is 10.8. The average Bonchev–Trinajstić information content (AvgIpc) is 2.81. The molecule has 1 aliphatic heterocycles. The Balaban J connectivity index is 1.94. The monoisotopic (exact) mass is 263 g/mol. The fourth-order valence-electron chi connectivity index (χ4n) is 2.68. The van der Waals surface area contributed by atoms with Crippen LogP contribution in [0.3, 0.4) is 0 Å². The summed E-state index contributed by atoms with van der Waals surface area (Å²) in [5, 5.41) is 17.7. The Morgan fingerprint density at radius 3 is 2.95 bits per heavy atom. The van der Waals surface area contributed by atoms with Crippen LogP contribution in [0.5, 0.6) is 0 Å². The van der Waals surface area contributed by atoms with Gasteiger partial charge in [0.05, 0.1) is 4.92 Å². The van der Waals surface area contributed by atoms with Crippen LogP contribution >= 0.6 is 0 Å². The van der Waals surface area contributed by atoms with Gasteiger partial charge in [-0.3, -0.25) is 10.1 Å². The summed E-state index contributed by atoms with van der Waals surface area (Å²) in [6.07, 6.45) is 3.58. The molecule has 19 heavy (non-hydrogen) atoms. The van der Waals surface area contributed by atoms with E-state index in [0.29, 0.717) is 17.6 Å². The fourth-order valence-corrected chi connectivity index (χ4v) is 2.68. The van der Waals surface area contributed by atoms with Crippen molar-refractivity contribution in [3.05, 3.63) is 33.9 Å². The van der Waals surface area contributed by atoms with Crippen LogP contribution in [0.15, 0.2) is 18.2 Å². The van der Waals surface area contributed by atoms with E-state index in [2.05, 4.69) is 17.6 Å². The SMILES string of the molecule is Cc1cc(NC(C)CC2CCCN2)ccc1[N+](=O)[O-]. The van der Waals surface area contributed by atoms with Gasteiger partial charge in [-0.15, -0.1) is 0 Å². The van der Waals surface area contributed by atoms with Crippen molar-refractivity contribution >= 4 is 11.4 Å². The van der Waals surface area contributed by atoms with Gasteiger partial charge in [0, 0.05) is 29.4 Å². The highest BCUT2D eigenvalue weighted by Gasteiger charge is 2.17. The first-order valence-electron chi connectivity index (χ1n) is 6.81. The minimum Gasteiger partial charge on any atom is -0.383 e. The molecule has 2 rings (SSSR count). The first kappa shape index (κ1) is 13.8. The molecule has 1 saturated heterocycles. The summed E-state index contributed by atoms with van der Waals surface area (Å²) >= 11 is 0. The van der Waals surface area contributed by atoms with Gasteiger partial charge in [0.25, 0.3) is 5.69 Å². The topological polar surface area (TPSA) is 67.2 Å². The van der Waals surface area contributed by atoms with Crippen molar-refractivity contribution in [3.63, 3.8) is 0 Å². The molecule has 2 atom stereocenters. The van der Waals surface area contributed by atoms with Gasteiger partial charge in [0.1, 0.15) is 0 Å². The summed E-state index contributed by atoms with van der Waals surface area (Å²) in [6, 6.07) is 6.15. The molecule has 0 radical (unpaired) electrons. The molecule has 5 nitrogen and oxygen atoms in total. The van der Waals surface area contributed by atoms with Crippen LogP contribution < -0.4 is 10.6 Å². The lowest BCUT2D eigenvalue weighted by Crippen LogP contribution is -2.29. The van der Waals surface area contributed by atoms with Crippen LogP contribution in [-0.4, -0.2) is 23.6 Å². The lowest BCUT2D eigenvalue weighted by atomic mass is 10.1. The van der Waals surface area contributed by atoms with Gasteiger partial charge in [-0.2, -0.15) is 0 Å². The Bertz CT molecular complexity index is 456. The van der Waals surface area contributed by atoms with Gasteiger partial charge in [-0.1, -0.05) is 0 Å². The first-order valence-corrected chi connectivity index (χ1v) is 6.81. The minimum atomic E-state index is -0.342. The van der Waals surface area contributed by atoms with Crippen molar-refractivity contribution in [2.45, 2.75) is 45.2 Å². The first-order chi connectivity index (χ1) is 9.06. The van der Waals surface area contributed by atoms with Gasteiger partial charge < -0.3 is 10.6 Å². The molecule has 0 saturated carbocycles. The van der Waals surface area contributed by atoms with E-state index in [4.69, 9.17) is 0 Å². The zero-order valence-corrected chi connectivity index (χ0v) is 11.5. The summed E-state index contributed by atoms with van der Waals surface area (Å²) in [6.45, 7) is 5.04.